The largest absolute Gasteiger partial charge is 0.509 e. The Balaban J connectivity index is 2.40. The highest BCUT2D eigenvalue weighted by Gasteiger charge is 2.21. The average Bonchev–Trinajstić information content (AvgIpc) is 2.74. The van der Waals surface area contributed by atoms with Gasteiger partial charge in [0.25, 0.3) is 0 Å². The van der Waals surface area contributed by atoms with Crippen molar-refractivity contribution < 1.29 is 23.5 Å². The van der Waals surface area contributed by atoms with Crippen molar-refractivity contribution in [3.05, 3.63) is 23.7 Å². The van der Waals surface area contributed by atoms with Crippen LogP contribution in [0.3, 0.4) is 0 Å². The Hall–Kier alpha value is -1.78. The van der Waals surface area contributed by atoms with Crippen LogP contribution in [0.25, 0.3) is 0 Å². The topological polar surface area (TPSA) is 65.7 Å². The monoisotopic (exact) mass is 240 g/mol. The van der Waals surface area contributed by atoms with Crippen LogP contribution >= 0.6 is 0 Å². The highest BCUT2D eigenvalue weighted by atomic mass is 16.7. The van der Waals surface area contributed by atoms with Gasteiger partial charge in [-0.1, -0.05) is 6.92 Å². The van der Waals surface area contributed by atoms with Crippen LogP contribution in [0, 0.1) is 0 Å². The first kappa shape index (κ1) is 13.3. The van der Waals surface area contributed by atoms with Crippen molar-refractivity contribution in [2.75, 3.05) is 0 Å². The Labute approximate surface area is 99.7 Å². The summed E-state index contributed by atoms with van der Waals surface area (Å²) in [7, 11) is 0. The molecular weight excluding hydrogens is 224 g/mol. The minimum Gasteiger partial charge on any atom is -0.455 e. The van der Waals surface area contributed by atoms with E-state index in [1.165, 1.54) is 6.07 Å². The van der Waals surface area contributed by atoms with Crippen molar-refractivity contribution >= 4 is 12.4 Å². The first-order chi connectivity index (χ1) is 7.96. The second-order valence-electron chi connectivity index (χ2n) is 4.18. The molecule has 1 heterocycles. The summed E-state index contributed by atoms with van der Waals surface area (Å²) in [6.07, 6.45) is 0.529. The molecule has 1 rings (SSSR count). The molecule has 0 aliphatic carbocycles. The van der Waals surface area contributed by atoms with Crippen molar-refractivity contribution in [3.8, 4) is 0 Å². The van der Waals surface area contributed by atoms with E-state index in [4.69, 9.17) is 13.9 Å². The lowest BCUT2D eigenvalue weighted by Crippen LogP contribution is -2.27. The van der Waals surface area contributed by atoms with Gasteiger partial charge in [-0.25, -0.2) is 4.79 Å². The molecule has 1 aromatic heterocycles. The third-order valence-electron chi connectivity index (χ3n) is 2.34. The molecule has 0 amide bonds. The Morgan fingerprint density at radius 3 is 2.71 bits per heavy atom. The molecule has 94 valence electrons. The van der Waals surface area contributed by atoms with E-state index >= 15 is 0 Å². The van der Waals surface area contributed by atoms with E-state index in [1.807, 2.05) is 6.92 Å². The summed E-state index contributed by atoms with van der Waals surface area (Å²) in [5.41, 5.74) is -0.547. The maximum Gasteiger partial charge on any atom is 0.509 e. The van der Waals surface area contributed by atoms with Crippen LogP contribution in [0.4, 0.5) is 4.79 Å². The summed E-state index contributed by atoms with van der Waals surface area (Å²) in [4.78, 5) is 21.7. The quantitative estimate of drug-likeness (QED) is 0.584. The SMILES string of the molecule is CCC(C)(C)OC(=O)OCc1ccc(C=O)o1. The Morgan fingerprint density at radius 1 is 1.47 bits per heavy atom. The number of ether oxygens (including phenoxy) is 2. The third-order valence-corrected chi connectivity index (χ3v) is 2.34. The van der Waals surface area contributed by atoms with Crippen molar-refractivity contribution in [2.45, 2.75) is 39.4 Å². The van der Waals surface area contributed by atoms with Crippen molar-refractivity contribution in [3.63, 3.8) is 0 Å². The maximum absolute atomic E-state index is 11.3. The third kappa shape index (κ3) is 4.30. The predicted molar refractivity (Wildman–Crippen MR) is 59.7 cm³/mol. The molecule has 0 saturated carbocycles. The first-order valence-electron chi connectivity index (χ1n) is 5.36. The van der Waals surface area contributed by atoms with E-state index in [0.717, 1.165) is 0 Å². The molecule has 0 radical (unpaired) electrons. The van der Waals surface area contributed by atoms with Crippen LogP contribution < -0.4 is 0 Å². The lowest BCUT2D eigenvalue weighted by molar-refractivity contribution is -0.0235. The van der Waals surface area contributed by atoms with Gasteiger partial charge in [0, 0.05) is 0 Å². The molecule has 5 nitrogen and oxygen atoms in total. The van der Waals surface area contributed by atoms with Crippen LogP contribution in [0.5, 0.6) is 0 Å². The van der Waals surface area contributed by atoms with Crippen LogP contribution in [0.2, 0.25) is 0 Å². The van der Waals surface area contributed by atoms with E-state index in [0.29, 0.717) is 18.5 Å². The highest BCUT2D eigenvalue weighted by Crippen LogP contribution is 2.15. The number of aldehydes is 1. The number of carbonyl (C=O) groups excluding carboxylic acids is 2. The standard InChI is InChI=1S/C12H16O5/c1-4-12(2,3)17-11(14)15-8-10-6-5-9(7-13)16-10/h5-7H,4,8H2,1-3H3. The number of carbonyl (C=O) groups is 2. The summed E-state index contributed by atoms with van der Waals surface area (Å²) < 4.78 is 15.0. The summed E-state index contributed by atoms with van der Waals surface area (Å²) in [6.45, 7) is 5.46. The average molecular weight is 240 g/mol. The zero-order chi connectivity index (χ0) is 12.9. The van der Waals surface area contributed by atoms with Gasteiger partial charge in [0.2, 0.25) is 0 Å². The second kappa shape index (κ2) is 5.52. The number of hydrogen-bond acceptors (Lipinski definition) is 5. The molecule has 0 fully saturated rings. The van der Waals surface area contributed by atoms with E-state index in [-0.39, 0.29) is 12.4 Å². The fourth-order valence-electron chi connectivity index (χ4n) is 0.993. The number of rotatable bonds is 5. The minimum atomic E-state index is -0.749. The molecule has 0 N–H and O–H groups in total. The summed E-state index contributed by atoms with van der Waals surface area (Å²) in [5.74, 6) is 0.601. The number of hydrogen-bond donors (Lipinski definition) is 0. The van der Waals surface area contributed by atoms with Gasteiger partial charge in [0.05, 0.1) is 0 Å². The molecule has 17 heavy (non-hydrogen) atoms. The molecule has 0 bridgehead atoms. The van der Waals surface area contributed by atoms with E-state index in [1.54, 1.807) is 19.9 Å². The molecule has 5 heteroatoms. The van der Waals surface area contributed by atoms with Crippen molar-refractivity contribution in [2.24, 2.45) is 0 Å². The van der Waals surface area contributed by atoms with Gasteiger partial charge < -0.3 is 13.9 Å². The van der Waals surface area contributed by atoms with Crippen LogP contribution in [0.15, 0.2) is 16.5 Å². The van der Waals surface area contributed by atoms with E-state index in [9.17, 15) is 9.59 Å². The van der Waals surface area contributed by atoms with Gasteiger partial charge in [-0.05, 0) is 32.4 Å². The van der Waals surface area contributed by atoms with Crippen LogP contribution in [-0.4, -0.2) is 18.0 Å². The van der Waals surface area contributed by atoms with Gasteiger partial charge in [0.15, 0.2) is 18.7 Å². The van der Waals surface area contributed by atoms with Gasteiger partial charge >= 0.3 is 6.16 Å². The van der Waals surface area contributed by atoms with Crippen LogP contribution in [0.1, 0.15) is 43.5 Å². The molecule has 0 aliphatic heterocycles. The molecule has 0 atom stereocenters. The molecular formula is C12H16O5. The summed E-state index contributed by atoms with van der Waals surface area (Å²) >= 11 is 0. The van der Waals surface area contributed by atoms with E-state index in [2.05, 4.69) is 0 Å². The Bertz CT molecular complexity index is 391. The minimum absolute atomic E-state index is 0.0491. The molecule has 0 saturated heterocycles. The normalized spacial score (nSPS) is 11.0. The van der Waals surface area contributed by atoms with Crippen LogP contribution in [-0.2, 0) is 16.1 Å². The number of furan rings is 1. The molecule has 1 aromatic rings. The van der Waals surface area contributed by atoms with Crippen molar-refractivity contribution in [1.82, 2.24) is 0 Å². The zero-order valence-corrected chi connectivity index (χ0v) is 10.2. The Kier molecular flexibility index (Phi) is 4.31. The fourth-order valence-corrected chi connectivity index (χ4v) is 0.993. The van der Waals surface area contributed by atoms with Gasteiger partial charge in [-0.15, -0.1) is 0 Å². The first-order valence-corrected chi connectivity index (χ1v) is 5.36. The smallest absolute Gasteiger partial charge is 0.455 e. The molecule has 0 unspecified atom stereocenters. The molecule has 0 spiro atoms. The molecule has 0 aromatic carbocycles. The Morgan fingerprint density at radius 2 is 2.18 bits per heavy atom. The van der Waals surface area contributed by atoms with Gasteiger partial charge in [-0.3, -0.25) is 4.79 Å². The summed E-state index contributed by atoms with van der Waals surface area (Å²) in [6, 6.07) is 3.08. The fraction of sp³-hybridized carbons (Fsp3) is 0.500. The predicted octanol–water partition coefficient (Wildman–Crippen LogP) is 2.93. The van der Waals surface area contributed by atoms with E-state index < -0.39 is 11.8 Å². The van der Waals surface area contributed by atoms with Gasteiger partial charge in [0.1, 0.15) is 11.4 Å². The van der Waals surface area contributed by atoms with Gasteiger partial charge in [-0.2, -0.15) is 0 Å². The highest BCUT2D eigenvalue weighted by molar-refractivity contribution is 5.70. The van der Waals surface area contributed by atoms with Crippen molar-refractivity contribution in [1.29, 1.82) is 0 Å². The molecule has 0 aliphatic rings. The zero-order valence-electron chi connectivity index (χ0n) is 10.2. The lowest BCUT2D eigenvalue weighted by Gasteiger charge is -2.22. The maximum atomic E-state index is 11.3. The summed E-state index contributed by atoms with van der Waals surface area (Å²) in [5, 5.41) is 0. The second-order valence-corrected chi connectivity index (χ2v) is 4.18. The lowest BCUT2D eigenvalue weighted by atomic mass is 10.1.